The maximum absolute atomic E-state index is 12.7. The summed E-state index contributed by atoms with van der Waals surface area (Å²) in [5.41, 5.74) is 1.58. The first-order valence-electron chi connectivity index (χ1n) is 6.78. The summed E-state index contributed by atoms with van der Waals surface area (Å²) in [7, 11) is 1.57. The van der Waals surface area contributed by atoms with Gasteiger partial charge in [0.15, 0.2) is 5.82 Å². The molecular weight excluding hydrogens is 354 g/mol. The van der Waals surface area contributed by atoms with Gasteiger partial charge in [-0.1, -0.05) is 0 Å². The molecule has 1 aromatic carbocycles. The molecule has 0 aliphatic heterocycles. The van der Waals surface area contributed by atoms with Crippen LogP contribution in [0.3, 0.4) is 0 Å². The van der Waals surface area contributed by atoms with Crippen molar-refractivity contribution in [1.82, 2.24) is 14.9 Å². The van der Waals surface area contributed by atoms with Gasteiger partial charge in [0.1, 0.15) is 5.75 Å². The number of hydrogen-bond donors (Lipinski definition) is 0. The minimum absolute atomic E-state index is 0.0299. The van der Waals surface area contributed by atoms with Crippen molar-refractivity contribution in [2.75, 3.05) is 7.11 Å². The molecule has 0 unspecified atom stereocenters. The monoisotopic (exact) mass is 366 g/mol. The molecule has 0 atom stereocenters. The topological polar surface area (TPSA) is 52.3 Å². The van der Waals surface area contributed by atoms with Gasteiger partial charge in [-0.15, -0.1) is 10.2 Å². The average molecular weight is 366 g/mol. The lowest BCUT2D eigenvalue weighted by Crippen LogP contribution is -1.98. The van der Waals surface area contributed by atoms with E-state index in [0.29, 0.717) is 28.9 Å². The molecule has 24 heavy (non-hydrogen) atoms. The zero-order valence-corrected chi connectivity index (χ0v) is 14.1. The van der Waals surface area contributed by atoms with E-state index in [-0.39, 0.29) is 5.16 Å². The van der Waals surface area contributed by atoms with E-state index in [2.05, 4.69) is 15.3 Å². The van der Waals surface area contributed by atoms with Gasteiger partial charge >= 0.3 is 0 Å². The molecule has 0 bridgehead atoms. The number of hydrogen-bond acceptors (Lipinski definition) is 6. The fourth-order valence-electron chi connectivity index (χ4n) is 1.92. The van der Waals surface area contributed by atoms with Crippen molar-refractivity contribution in [1.29, 1.82) is 0 Å². The molecule has 0 aliphatic rings. The molecule has 3 rings (SSSR count). The van der Waals surface area contributed by atoms with E-state index in [1.807, 2.05) is 16.8 Å². The summed E-state index contributed by atoms with van der Waals surface area (Å²) in [6.07, 6.45) is 1.59. The largest absolute Gasteiger partial charge is 0.497 e. The van der Waals surface area contributed by atoms with E-state index >= 15 is 0 Å². The van der Waals surface area contributed by atoms with Crippen molar-refractivity contribution in [3.05, 3.63) is 46.7 Å². The zero-order chi connectivity index (χ0) is 16.9. The molecule has 0 aliphatic carbocycles. The van der Waals surface area contributed by atoms with Gasteiger partial charge in [-0.25, -0.2) is 0 Å². The summed E-state index contributed by atoms with van der Waals surface area (Å²) in [6.45, 7) is 0. The predicted octanol–water partition coefficient (Wildman–Crippen LogP) is 4.21. The molecule has 2 heterocycles. The Kier molecular flexibility index (Phi) is 5.21. The van der Waals surface area contributed by atoms with Gasteiger partial charge in [-0.2, -0.15) is 29.9 Å². The van der Waals surface area contributed by atoms with Crippen LogP contribution in [-0.2, 0) is 0 Å². The normalized spacial score (nSPS) is 11.5. The second-order valence-electron chi connectivity index (χ2n) is 4.53. The van der Waals surface area contributed by atoms with Gasteiger partial charge < -0.3 is 4.74 Å². The Bertz CT molecular complexity index is 817. The van der Waals surface area contributed by atoms with Gasteiger partial charge in [0, 0.05) is 11.1 Å². The van der Waals surface area contributed by atoms with Gasteiger partial charge in [0.2, 0.25) is 5.16 Å². The fourth-order valence-corrected chi connectivity index (χ4v) is 3.01. The molecule has 5 nitrogen and oxygen atoms in total. The summed E-state index contributed by atoms with van der Waals surface area (Å²) >= 11 is 1.83. The molecule has 124 valence electrons. The molecule has 0 fully saturated rings. The van der Waals surface area contributed by atoms with E-state index in [4.69, 9.17) is 4.74 Å². The third kappa shape index (κ3) is 3.80. The van der Waals surface area contributed by atoms with E-state index in [1.165, 1.54) is 16.0 Å². The quantitative estimate of drug-likeness (QED) is 0.484. The van der Waals surface area contributed by atoms with Gasteiger partial charge in [-0.3, -0.25) is 0 Å². The van der Waals surface area contributed by atoms with Crippen LogP contribution in [0.2, 0.25) is 0 Å². The van der Waals surface area contributed by atoms with E-state index in [1.54, 1.807) is 37.6 Å². The first-order chi connectivity index (χ1) is 11.7. The highest BCUT2D eigenvalue weighted by Crippen LogP contribution is 2.28. The molecule has 0 saturated heterocycles. The van der Waals surface area contributed by atoms with Crippen molar-refractivity contribution >= 4 is 29.3 Å². The number of benzene rings is 1. The smallest absolute Gasteiger partial charge is 0.291 e. The third-order valence-electron chi connectivity index (χ3n) is 3.02. The maximum atomic E-state index is 12.7. The Morgan fingerprint density at radius 2 is 2.04 bits per heavy atom. The van der Waals surface area contributed by atoms with Crippen molar-refractivity contribution in [2.45, 2.75) is 10.9 Å². The highest BCUT2D eigenvalue weighted by molar-refractivity contribution is 7.99. The number of rotatable bonds is 6. The molecule has 0 spiro atoms. The van der Waals surface area contributed by atoms with E-state index < -0.39 is 5.76 Å². The van der Waals surface area contributed by atoms with Crippen LogP contribution in [0.15, 0.2) is 51.3 Å². The Hall–Kier alpha value is -2.26. The van der Waals surface area contributed by atoms with E-state index in [0.717, 1.165) is 5.56 Å². The lowest BCUT2D eigenvalue weighted by Gasteiger charge is -2.05. The number of ether oxygens (including phenoxy) is 1. The van der Waals surface area contributed by atoms with Crippen LogP contribution in [0.1, 0.15) is 5.56 Å². The van der Waals surface area contributed by atoms with E-state index in [9.17, 15) is 8.78 Å². The standard InChI is InChI=1S/C15H12F2N4OS2/c1-22-12-4-2-11(3-5-12)13-19-20-15(24-14(16)17)21(13)18-8-10-6-7-23-9-10/h2-9,14H,1H3/b18-8-. The summed E-state index contributed by atoms with van der Waals surface area (Å²) < 4.78 is 31.9. The first kappa shape index (κ1) is 16.6. The minimum Gasteiger partial charge on any atom is -0.497 e. The predicted molar refractivity (Wildman–Crippen MR) is 91.2 cm³/mol. The van der Waals surface area contributed by atoms with Crippen LogP contribution in [-0.4, -0.2) is 34.0 Å². The Balaban J connectivity index is 1.99. The Morgan fingerprint density at radius 3 is 2.67 bits per heavy atom. The number of thiophene rings is 1. The van der Waals surface area contributed by atoms with Crippen molar-refractivity contribution in [2.24, 2.45) is 5.10 Å². The second-order valence-corrected chi connectivity index (χ2v) is 6.26. The van der Waals surface area contributed by atoms with Crippen LogP contribution in [0.4, 0.5) is 8.78 Å². The van der Waals surface area contributed by atoms with Gasteiger partial charge in [-0.05, 0) is 52.9 Å². The lowest BCUT2D eigenvalue weighted by atomic mass is 10.2. The Labute approximate surface area is 145 Å². The fraction of sp³-hybridized carbons (Fsp3) is 0.133. The van der Waals surface area contributed by atoms with Crippen LogP contribution >= 0.6 is 23.1 Å². The van der Waals surface area contributed by atoms with Crippen molar-refractivity contribution in [3.8, 4) is 17.1 Å². The van der Waals surface area contributed by atoms with Crippen molar-refractivity contribution < 1.29 is 13.5 Å². The van der Waals surface area contributed by atoms with Crippen LogP contribution in [0.25, 0.3) is 11.4 Å². The SMILES string of the molecule is COc1ccc(-c2nnc(SC(F)F)n2/N=C\c2ccsc2)cc1. The Morgan fingerprint density at radius 1 is 1.25 bits per heavy atom. The first-order valence-corrected chi connectivity index (χ1v) is 8.61. The molecule has 0 radical (unpaired) electrons. The highest BCUT2D eigenvalue weighted by atomic mass is 32.2. The second kappa shape index (κ2) is 7.54. The number of halogens is 2. The van der Waals surface area contributed by atoms with Crippen LogP contribution < -0.4 is 4.74 Å². The molecule has 0 amide bonds. The van der Waals surface area contributed by atoms with Gasteiger partial charge in [0.05, 0.1) is 13.3 Å². The summed E-state index contributed by atoms with van der Waals surface area (Å²) in [5, 5.41) is 15.9. The lowest BCUT2D eigenvalue weighted by molar-refractivity contribution is 0.251. The summed E-state index contributed by atoms with van der Waals surface area (Å²) in [6, 6.07) is 8.95. The zero-order valence-electron chi connectivity index (χ0n) is 12.5. The molecule has 3 aromatic rings. The van der Waals surface area contributed by atoms with Gasteiger partial charge in [0.25, 0.3) is 5.76 Å². The van der Waals surface area contributed by atoms with Crippen LogP contribution in [0.5, 0.6) is 5.75 Å². The summed E-state index contributed by atoms with van der Waals surface area (Å²) in [5.74, 6) is -1.53. The molecule has 0 N–H and O–H groups in total. The molecule has 9 heteroatoms. The third-order valence-corrected chi connectivity index (χ3v) is 4.37. The minimum atomic E-state index is -2.60. The molecule has 2 aromatic heterocycles. The molecule has 0 saturated carbocycles. The number of thioether (sulfide) groups is 1. The van der Waals surface area contributed by atoms with Crippen LogP contribution in [0, 0.1) is 0 Å². The highest BCUT2D eigenvalue weighted by Gasteiger charge is 2.18. The number of methoxy groups -OCH3 is 1. The number of alkyl halides is 2. The molecular formula is C15H12F2N4OS2. The number of aromatic nitrogens is 3. The van der Waals surface area contributed by atoms with Crippen molar-refractivity contribution in [3.63, 3.8) is 0 Å². The number of nitrogens with zero attached hydrogens (tertiary/aromatic N) is 4. The maximum Gasteiger partial charge on any atom is 0.291 e. The average Bonchev–Trinajstić information content (AvgIpc) is 3.22. The summed E-state index contributed by atoms with van der Waals surface area (Å²) in [4.78, 5) is 0.